The SMILES string of the molecule is C[C@@H]1CC[C@@H](Nc2cc(NC3CCCCC3)ncc2C(N)=O)C[C@H]1O. The molecule has 138 valence electrons. The Labute approximate surface area is 149 Å². The van der Waals surface area contributed by atoms with E-state index in [0.29, 0.717) is 29.6 Å². The number of carbonyl (C=O) groups is 1. The van der Waals surface area contributed by atoms with Crippen LogP contribution < -0.4 is 16.4 Å². The van der Waals surface area contributed by atoms with Gasteiger partial charge in [0.15, 0.2) is 0 Å². The highest BCUT2D eigenvalue weighted by Crippen LogP contribution is 2.29. The van der Waals surface area contributed by atoms with E-state index >= 15 is 0 Å². The molecular weight excluding hydrogens is 316 g/mol. The molecule has 1 heterocycles. The van der Waals surface area contributed by atoms with E-state index in [0.717, 1.165) is 31.5 Å². The molecule has 0 bridgehead atoms. The molecule has 0 unspecified atom stereocenters. The summed E-state index contributed by atoms with van der Waals surface area (Å²) in [5.74, 6) is 0.627. The van der Waals surface area contributed by atoms with Crippen LogP contribution in [0.25, 0.3) is 0 Å². The third-order valence-corrected chi connectivity index (χ3v) is 5.64. The number of nitrogens with two attached hydrogens (primary N) is 1. The van der Waals surface area contributed by atoms with Gasteiger partial charge in [-0.2, -0.15) is 0 Å². The molecule has 2 aliphatic carbocycles. The monoisotopic (exact) mass is 346 g/mol. The van der Waals surface area contributed by atoms with Gasteiger partial charge in [-0.25, -0.2) is 4.98 Å². The molecule has 2 fully saturated rings. The number of nitrogens with one attached hydrogen (secondary N) is 2. The largest absolute Gasteiger partial charge is 0.393 e. The Morgan fingerprint density at radius 2 is 1.92 bits per heavy atom. The predicted molar refractivity (Wildman–Crippen MR) is 99.7 cm³/mol. The molecule has 0 aliphatic heterocycles. The van der Waals surface area contributed by atoms with Crippen LogP contribution in [0.5, 0.6) is 0 Å². The molecule has 1 amide bonds. The lowest BCUT2D eigenvalue weighted by Gasteiger charge is -2.32. The van der Waals surface area contributed by atoms with Crippen LogP contribution in [0.4, 0.5) is 11.5 Å². The molecule has 5 N–H and O–H groups in total. The second-order valence-electron chi connectivity index (χ2n) is 7.66. The standard InChI is InChI=1S/C19H30N4O2/c1-12-7-8-14(9-17(12)24)22-16-10-18(21-11-15(16)19(20)25)23-13-5-3-2-4-6-13/h10-14,17,24H,2-9H2,1H3,(H2,20,25)(H2,21,22,23)/t12-,14-,17-/m1/s1. The number of primary amides is 1. The third-order valence-electron chi connectivity index (χ3n) is 5.64. The molecule has 3 rings (SSSR count). The van der Waals surface area contributed by atoms with Gasteiger partial charge in [0.2, 0.25) is 0 Å². The summed E-state index contributed by atoms with van der Waals surface area (Å²) in [6.45, 7) is 2.08. The van der Waals surface area contributed by atoms with E-state index in [2.05, 4.69) is 22.5 Å². The van der Waals surface area contributed by atoms with Gasteiger partial charge in [0.1, 0.15) is 5.82 Å². The number of anilines is 2. The van der Waals surface area contributed by atoms with E-state index in [-0.39, 0.29) is 12.1 Å². The molecule has 6 nitrogen and oxygen atoms in total. The zero-order valence-electron chi connectivity index (χ0n) is 15.0. The first kappa shape index (κ1) is 18.0. The van der Waals surface area contributed by atoms with Crippen LogP contribution in [0.1, 0.15) is 68.6 Å². The van der Waals surface area contributed by atoms with Crippen molar-refractivity contribution in [1.82, 2.24) is 4.98 Å². The minimum Gasteiger partial charge on any atom is -0.393 e. The topological polar surface area (TPSA) is 100 Å². The Morgan fingerprint density at radius 3 is 2.60 bits per heavy atom. The highest BCUT2D eigenvalue weighted by molar-refractivity contribution is 5.98. The summed E-state index contributed by atoms with van der Waals surface area (Å²) in [6.07, 6.45) is 10.0. The Hall–Kier alpha value is -1.82. The van der Waals surface area contributed by atoms with Gasteiger partial charge in [-0.15, -0.1) is 0 Å². The van der Waals surface area contributed by atoms with Crippen LogP contribution in [-0.2, 0) is 0 Å². The minimum atomic E-state index is -0.482. The van der Waals surface area contributed by atoms with Crippen molar-refractivity contribution in [3.63, 3.8) is 0 Å². The number of nitrogens with zero attached hydrogens (tertiary/aromatic N) is 1. The normalized spacial score (nSPS) is 27.7. The molecular formula is C19H30N4O2. The van der Waals surface area contributed by atoms with E-state index in [1.807, 2.05) is 6.07 Å². The molecule has 0 spiro atoms. The molecule has 1 aromatic rings. The van der Waals surface area contributed by atoms with E-state index in [1.165, 1.54) is 19.3 Å². The second kappa shape index (κ2) is 8.04. The molecule has 0 saturated heterocycles. The van der Waals surface area contributed by atoms with Crippen molar-refractivity contribution in [2.75, 3.05) is 10.6 Å². The van der Waals surface area contributed by atoms with Gasteiger partial charge in [0.05, 0.1) is 17.4 Å². The molecule has 2 aliphatic rings. The molecule has 2 saturated carbocycles. The van der Waals surface area contributed by atoms with Gasteiger partial charge in [-0.05, 0) is 38.0 Å². The highest BCUT2D eigenvalue weighted by atomic mass is 16.3. The summed E-state index contributed by atoms with van der Waals surface area (Å²) in [7, 11) is 0. The fourth-order valence-corrected chi connectivity index (χ4v) is 3.96. The van der Waals surface area contributed by atoms with Crippen molar-refractivity contribution < 1.29 is 9.90 Å². The number of aromatic nitrogens is 1. The van der Waals surface area contributed by atoms with Crippen LogP contribution in [-0.4, -0.2) is 34.2 Å². The highest BCUT2D eigenvalue weighted by Gasteiger charge is 2.27. The Morgan fingerprint density at radius 1 is 1.16 bits per heavy atom. The van der Waals surface area contributed by atoms with Crippen LogP contribution in [0.2, 0.25) is 0 Å². The summed E-state index contributed by atoms with van der Waals surface area (Å²) >= 11 is 0. The lowest BCUT2D eigenvalue weighted by molar-refractivity contribution is 0.0740. The fraction of sp³-hybridized carbons (Fsp3) is 0.684. The van der Waals surface area contributed by atoms with Crippen LogP contribution in [0.15, 0.2) is 12.3 Å². The molecule has 0 radical (unpaired) electrons. The van der Waals surface area contributed by atoms with Gasteiger partial charge < -0.3 is 21.5 Å². The molecule has 6 heteroatoms. The van der Waals surface area contributed by atoms with E-state index in [1.54, 1.807) is 6.20 Å². The number of carbonyl (C=O) groups excluding carboxylic acids is 1. The Bertz CT molecular complexity index is 601. The fourth-order valence-electron chi connectivity index (χ4n) is 3.96. The maximum Gasteiger partial charge on any atom is 0.252 e. The maximum atomic E-state index is 11.8. The number of aliphatic hydroxyl groups excluding tert-OH is 1. The van der Waals surface area contributed by atoms with Gasteiger partial charge in [0, 0.05) is 24.3 Å². The van der Waals surface area contributed by atoms with Crippen molar-refractivity contribution in [3.8, 4) is 0 Å². The quantitative estimate of drug-likeness (QED) is 0.657. The lowest BCUT2D eigenvalue weighted by Crippen LogP contribution is -2.35. The summed E-state index contributed by atoms with van der Waals surface area (Å²) in [6, 6.07) is 2.49. The van der Waals surface area contributed by atoms with Crippen molar-refractivity contribution in [3.05, 3.63) is 17.8 Å². The van der Waals surface area contributed by atoms with Crippen molar-refractivity contribution in [1.29, 1.82) is 0 Å². The van der Waals surface area contributed by atoms with E-state index in [9.17, 15) is 9.90 Å². The smallest absolute Gasteiger partial charge is 0.252 e. The molecule has 1 aromatic heterocycles. The van der Waals surface area contributed by atoms with Crippen LogP contribution in [0.3, 0.4) is 0 Å². The van der Waals surface area contributed by atoms with Gasteiger partial charge in [-0.1, -0.05) is 26.2 Å². The van der Waals surface area contributed by atoms with Crippen molar-refractivity contribution in [2.24, 2.45) is 11.7 Å². The van der Waals surface area contributed by atoms with Crippen LogP contribution in [0, 0.1) is 5.92 Å². The number of aliphatic hydroxyl groups is 1. The van der Waals surface area contributed by atoms with Crippen molar-refractivity contribution >= 4 is 17.4 Å². The van der Waals surface area contributed by atoms with Gasteiger partial charge in [0.25, 0.3) is 5.91 Å². The summed E-state index contributed by atoms with van der Waals surface area (Å²) in [5.41, 5.74) is 6.63. The number of amides is 1. The average Bonchev–Trinajstić information content (AvgIpc) is 2.59. The van der Waals surface area contributed by atoms with Gasteiger partial charge in [-0.3, -0.25) is 4.79 Å². The Kier molecular flexibility index (Phi) is 5.78. The lowest BCUT2D eigenvalue weighted by atomic mass is 9.84. The number of hydrogen-bond acceptors (Lipinski definition) is 5. The summed E-state index contributed by atoms with van der Waals surface area (Å²) < 4.78 is 0. The van der Waals surface area contributed by atoms with E-state index in [4.69, 9.17) is 5.73 Å². The van der Waals surface area contributed by atoms with Crippen molar-refractivity contribution in [2.45, 2.75) is 76.5 Å². The maximum absolute atomic E-state index is 11.8. The number of rotatable bonds is 5. The zero-order chi connectivity index (χ0) is 17.8. The van der Waals surface area contributed by atoms with Crippen LogP contribution >= 0.6 is 0 Å². The third kappa shape index (κ3) is 4.63. The van der Waals surface area contributed by atoms with E-state index < -0.39 is 5.91 Å². The zero-order valence-corrected chi connectivity index (χ0v) is 15.0. The summed E-state index contributed by atoms with van der Waals surface area (Å²) in [4.78, 5) is 16.1. The number of hydrogen-bond donors (Lipinski definition) is 4. The summed E-state index contributed by atoms with van der Waals surface area (Å²) in [5, 5.41) is 17.0. The minimum absolute atomic E-state index is 0.147. The van der Waals surface area contributed by atoms with Gasteiger partial charge >= 0.3 is 0 Å². The second-order valence-corrected chi connectivity index (χ2v) is 7.66. The average molecular weight is 346 g/mol. The molecule has 25 heavy (non-hydrogen) atoms. The molecule has 0 aromatic carbocycles. The number of pyridine rings is 1. The predicted octanol–water partition coefficient (Wildman–Crippen LogP) is 2.89. The molecule has 3 atom stereocenters. The first-order chi connectivity index (χ1) is 12.0. The first-order valence-corrected chi connectivity index (χ1v) is 9.54. The Balaban J connectivity index is 1.73. The first-order valence-electron chi connectivity index (χ1n) is 9.54.